The molecule has 5 heteroatoms. The van der Waals surface area contributed by atoms with Crippen LogP contribution in [-0.4, -0.2) is 47.2 Å². The van der Waals surface area contributed by atoms with Gasteiger partial charge in [0.1, 0.15) is 0 Å². The third-order valence-electron chi connectivity index (χ3n) is 5.14. The molecule has 0 radical (unpaired) electrons. The molecular weight excluding hydrogens is 330 g/mol. The number of nitrogens with zero attached hydrogens (tertiary/aromatic N) is 1. The smallest absolute Gasteiger partial charge is 0.339 e. The summed E-state index contributed by atoms with van der Waals surface area (Å²) in [5.74, 6) is -0.623. The standard InChI is InChI=1S/C21H31NO4/c1-3-5-8-17-9-11-18(12-10-17)19(24)26-21(13-6-7-14-21)20(25)22(4-2)15-16-23/h9-12,23H,3-8,13-16H2,1-2H3. The molecule has 1 aromatic carbocycles. The van der Waals surface area contributed by atoms with Gasteiger partial charge in [-0.05, 0) is 63.1 Å². The summed E-state index contributed by atoms with van der Waals surface area (Å²) in [5, 5.41) is 9.19. The minimum atomic E-state index is -1.08. The van der Waals surface area contributed by atoms with Crippen molar-refractivity contribution in [3.8, 4) is 0 Å². The highest BCUT2D eigenvalue weighted by atomic mass is 16.6. The molecule has 26 heavy (non-hydrogen) atoms. The molecule has 1 fully saturated rings. The molecule has 0 unspecified atom stereocenters. The molecule has 0 atom stereocenters. The lowest BCUT2D eigenvalue weighted by molar-refractivity contribution is -0.152. The zero-order chi connectivity index (χ0) is 19.0. The van der Waals surface area contributed by atoms with Crippen LogP contribution in [0.4, 0.5) is 0 Å². The van der Waals surface area contributed by atoms with E-state index in [-0.39, 0.29) is 19.1 Å². The maximum absolute atomic E-state index is 13.0. The van der Waals surface area contributed by atoms with Crippen molar-refractivity contribution >= 4 is 11.9 Å². The Balaban J connectivity index is 2.11. The monoisotopic (exact) mass is 361 g/mol. The predicted octanol–water partition coefficient (Wildman–Crippen LogP) is 3.34. The summed E-state index contributed by atoms with van der Waals surface area (Å²) in [5.41, 5.74) is 0.605. The molecule has 2 rings (SSSR count). The summed E-state index contributed by atoms with van der Waals surface area (Å²) >= 11 is 0. The number of rotatable bonds is 9. The van der Waals surface area contributed by atoms with Crippen LogP contribution >= 0.6 is 0 Å². The van der Waals surface area contributed by atoms with E-state index < -0.39 is 11.6 Å². The third kappa shape index (κ3) is 4.85. The Bertz CT molecular complexity index is 591. The second-order valence-electron chi connectivity index (χ2n) is 7.00. The van der Waals surface area contributed by atoms with Crippen molar-refractivity contribution in [1.82, 2.24) is 4.90 Å². The van der Waals surface area contributed by atoms with Gasteiger partial charge in [-0.1, -0.05) is 25.5 Å². The number of esters is 1. The van der Waals surface area contributed by atoms with E-state index in [9.17, 15) is 14.7 Å². The molecule has 1 N–H and O–H groups in total. The van der Waals surface area contributed by atoms with Gasteiger partial charge in [0, 0.05) is 13.1 Å². The van der Waals surface area contributed by atoms with Crippen LogP contribution in [0.5, 0.6) is 0 Å². The Morgan fingerprint density at radius 2 is 1.81 bits per heavy atom. The fourth-order valence-corrected chi connectivity index (χ4v) is 3.54. The van der Waals surface area contributed by atoms with E-state index in [1.807, 2.05) is 19.1 Å². The average Bonchev–Trinajstić information content (AvgIpc) is 3.13. The number of aliphatic hydroxyl groups is 1. The number of amides is 1. The van der Waals surface area contributed by atoms with Gasteiger partial charge in [-0.2, -0.15) is 0 Å². The molecule has 0 spiro atoms. The predicted molar refractivity (Wildman–Crippen MR) is 101 cm³/mol. The second kappa shape index (κ2) is 9.72. The first-order valence-electron chi connectivity index (χ1n) is 9.79. The van der Waals surface area contributed by atoms with Gasteiger partial charge >= 0.3 is 5.97 Å². The number of likely N-dealkylation sites (N-methyl/N-ethyl adjacent to an activating group) is 1. The van der Waals surface area contributed by atoms with Crippen LogP contribution in [-0.2, 0) is 16.0 Å². The maximum Gasteiger partial charge on any atom is 0.339 e. The number of hydrogen-bond acceptors (Lipinski definition) is 4. The van der Waals surface area contributed by atoms with E-state index in [0.29, 0.717) is 24.9 Å². The van der Waals surface area contributed by atoms with Crippen LogP contribution in [0.15, 0.2) is 24.3 Å². The average molecular weight is 361 g/mol. The minimum absolute atomic E-state index is 0.0944. The molecule has 1 aliphatic rings. The molecule has 0 heterocycles. The van der Waals surface area contributed by atoms with Crippen LogP contribution in [0, 0.1) is 0 Å². The number of carbonyl (C=O) groups excluding carboxylic acids is 2. The Morgan fingerprint density at radius 3 is 2.35 bits per heavy atom. The van der Waals surface area contributed by atoms with E-state index >= 15 is 0 Å². The second-order valence-corrected chi connectivity index (χ2v) is 7.00. The van der Waals surface area contributed by atoms with Crippen molar-refractivity contribution in [2.24, 2.45) is 0 Å². The molecule has 1 aliphatic carbocycles. The Morgan fingerprint density at radius 1 is 1.15 bits per heavy atom. The van der Waals surface area contributed by atoms with E-state index in [4.69, 9.17) is 4.74 Å². The normalized spacial score (nSPS) is 15.7. The summed E-state index contributed by atoms with van der Waals surface area (Å²) in [4.78, 5) is 27.2. The first-order chi connectivity index (χ1) is 12.6. The quantitative estimate of drug-likeness (QED) is 0.685. The molecule has 5 nitrogen and oxygen atoms in total. The van der Waals surface area contributed by atoms with Crippen molar-refractivity contribution in [2.75, 3.05) is 19.7 Å². The number of carbonyl (C=O) groups is 2. The van der Waals surface area contributed by atoms with Gasteiger partial charge in [-0.15, -0.1) is 0 Å². The number of unbranched alkanes of at least 4 members (excludes halogenated alkanes) is 1. The van der Waals surface area contributed by atoms with Gasteiger partial charge < -0.3 is 14.7 Å². The van der Waals surface area contributed by atoms with Gasteiger partial charge in [0.2, 0.25) is 0 Å². The van der Waals surface area contributed by atoms with Crippen molar-refractivity contribution in [2.45, 2.75) is 64.4 Å². The van der Waals surface area contributed by atoms with Crippen LogP contribution in [0.3, 0.4) is 0 Å². The van der Waals surface area contributed by atoms with Crippen LogP contribution < -0.4 is 0 Å². The van der Waals surface area contributed by atoms with Gasteiger partial charge in [0.05, 0.1) is 12.2 Å². The topological polar surface area (TPSA) is 66.8 Å². The molecular formula is C21H31NO4. The summed E-state index contributed by atoms with van der Waals surface area (Å²) < 4.78 is 5.79. The zero-order valence-corrected chi connectivity index (χ0v) is 16.0. The maximum atomic E-state index is 13.0. The molecule has 1 aromatic rings. The lowest BCUT2D eigenvalue weighted by Gasteiger charge is -2.33. The highest BCUT2D eigenvalue weighted by molar-refractivity contribution is 5.94. The van der Waals surface area contributed by atoms with Crippen LogP contribution in [0.2, 0.25) is 0 Å². The SMILES string of the molecule is CCCCc1ccc(C(=O)OC2(C(=O)N(CC)CCO)CCCC2)cc1. The van der Waals surface area contributed by atoms with E-state index in [0.717, 1.165) is 32.1 Å². The van der Waals surface area contributed by atoms with Crippen LogP contribution in [0.1, 0.15) is 68.3 Å². The van der Waals surface area contributed by atoms with E-state index in [2.05, 4.69) is 6.92 Å². The number of benzene rings is 1. The Kier molecular flexibility index (Phi) is 7.64. The number of aliphatic hydroxyl groups excluding tert-OH is 1. The van der Waals surface area contributed by atoms with Crippen molar-refractivity contribution in [3.05, 3.63) is 35.4 Å². The minimum Gasteiger partial charge on any atom is -0.445 e. The fourth-order valence-electron chi connectivity index (χ4n) is 3.54. The van der Waals surface area contributed by atoms with Gasteiger partial charge in [0.25, 0.3) is 5.91 Å². The number of hydrogen-bond donors (Lipinski definition) is 1. The Labute approximate surface area is 156 Å². The number of aryl methyl sites for hydroxylation is 1. The van der Waals surface area contributed by atoms with Gasteiger partial charge in [-0.25, -0.2) is 4.79 Å². The summed E-state index contributed by atoms with van der Waals surface area (Å²) in [6, 6.07) is 7.48. The first-order valence-corrected chi connectivity index (χ1v) is 9.79. The van der Waals surface area contributed by atoms with E-state index in [1.165, 1.54) is 5.56 Å². The molecule has 0 aromatic heterocycles. The summed E-state index contributed by atoms with van der Waals surface area (Å²) in [6.45, 7) is 4.68. The fraction of sp³-hybridized carbons (Fsp3) is 0.619. The third-order valence-corrected chi connectivity index (χ3v) is 5.14. The molecule has 1 amide bonds. The highest BCUT2D eigenvalue weighted by Gasteiger charge is 2.47. The summed E-state index contributed by atoms with van der Waals surface area (Å²) in [6.07, 6.45) is 6.09. The van der Waals surface area contributed by atoms with Crippen molar-refractivity contribution in [3.63, 3.8) is 0 Å². The first kappa shape index (κ1) is 20.4. The number of ether oxygens (including phenoxy) is 1. The summed E-state index contributed by atoms with van der Waals surface area (Å²) in [7, 11) is 0. The zero-order valence-electron chi connectivity index (χ0n) is 16.0. The molecule has 1 saturated carbocycles. The van der Waals surface area contributed by atoms with Crippen molar-refractivity contribution in [1.29, 1.82) is 0 Å². The molecule has 144 valence electrons. The van der Waals surface area contributed by atoms with E-state index in [1.54, 1.807) is 17.0 Å². The molecule has 0 saturated heterocycles. The lowest BCUT2D eigenvalue weighted by Crippen LogP contribution is -2.51. The van der Waals surface area contributed by atoms with Gasteiger partial charge in [0.15, 0.2) is 5.60 Å². The van der Waals surface area contributed by atoms with Crippen LogP contribution in [0.25, 0.3) is 0 Å². The lowest BCUT2D eigenvalue weighted by atomic mass is 9.99. The molecule has 0 bridgehead atoms. The largest absolute Gasteiger partial charge is 0.445 e. The Hall–Kier alpha value is -1.88. The molecule has 0 aliphatic heterocycles. The highest BCUT2D eigenvalue weighted by Crippen LogP contribution is 2.36. The van der Waals surface area contributed by atoms with Gasteiger partial charge in [-0.3, -0.25) is 4.79 Å². The van der Waals surface area contributed by atoms with Crippen molar-refractivity contribution < 1.29 is 19.4 Å².